The van der Waals surface area contributed by atoms with E-state index in [0.29, 0.717) is 12.0 Å². The number of fused-ring (bicyclic) bond motifs is 1. The zero-order valence-electron chi connectivity index (χ0n) is 14.4. The molecule has 1 saturated carbocycles. The van der Waals surface area contributed by atoms with Crippen LogP contribution in [-0.4, -0.2) is 54.9 Å². The molecule has 6 heteroatoms. The summed E-state index contributed by atoms with van der Waals surface area (Å²) < 4.78 is 0. The molecule has 0 atom stereocenters. The number of carbonyl (C=O) groups excluding carboxylic acids is 1. The van der Waals surface area contributed by atoms with Crippen LogP contribution in [0.4, 0.5) is 0 Å². The van der Waals surface area contributed by atoms with Gasteiger partial charge in [-0.1, -0.05) is 6.42 Å². The minimum atomic E-state index is 0.172. The van der Waals surface area contributed by atoms with Gasteiger partial charge in [0, 0.05) is 38.1 Å². The van der Waals surface area contributed by atoms with Gasteiger partial charge in [-0.15, -0.1) is 11.3 Å². The summed E-state index contributed by atoms with van der Waals surface area (Å²) in [5.41, 5.74) is 1.86. The van der Waals surface area contributed by atoms with Gasteiger partial charge in [0.2, 0.25) is 5.91 Å². The first-order chi connectivity index (χ1) is 11.7. The van der Waals surface area contributed by atoms with E-state index in [-0.39, 0.29) is 5.91 Å². The Morgan fingerprint density at radius 2 is 2.21 bits per heavy atom. The van der Waals surface area contributed by atoms with Gasteiger partial charge in [-0.2, -0.15) is 0 Å². The molecule has 2 fully saturated rings. The number of nitrogens with zero attached hydrogens (tertiary/aromatic N) is 3. The van der Waals surface area contributed by atoms with Gasteiger partial charge in [-0.25, -0.2) is 0 Å². The third kappa shape index (κ3) is 2.92. The predicted molar refractivity (Wildman–Crippen MR) is 97.3 cm³/mol. The van der Waals surface area contributed by atoms with Crippen LogP contribution in [0.2, 0.25) is 0 Å². The molecule has 24 heavy (non-hydrogen) atoms. The number of hydrogen-bond acceptors (Lipinski definition) is 3. The fourth-order valence-corrected chi connectivity index (χ4v) is 5.15. The molecule has 1 spiro atoms. The fraction of sp³-hybridized carbons (Fsp3) is 0.667. The normalized spacial score (nSPS) is 22.5. The van der Waals surface area contributed by atoms with Gasteiger partial charge in [0.05, 0.1) is 6.54 Å². The lowest BCUT2D eigenvalue weighted by molar-refractivity contribution is -0.130. The van der Waals surface area contributed by atoms with Crippen molar-refractivity contribution in [3.63, 3.8) is 0 Å². The average molecular weight is 347 g/mol. The second-order valence-electron chi connectivity index (χ2n) is 7.36. The van der Waals surface area contributed by atoms with Crippen LogP contribution in [-0.2, 0) is 17.8 Å². The Bertz CT molecular complexity index is 649. The van der Waals surface area contributed by atoms with Gasteiger partial charge in [0.25, 0.3) is 0 Å². The van der Waals surface area contributed by atoms with E-state index in [1.165, 1.54) is 36.1 Å². The number of thiophene rings is 1. The average Bonchev–Trinajstić information content (AvgIpc) is 3.21. The number of amides is 1. The zero-order chi connectivity index (χ0) is 16.6. The fourth-order valence-electron chi connectivity index (χ4n) is 4.26. The Hall–Kier alpha value is -1.56. The van der Waals surface area contributed by atoms with Crippen LogP contribution >= 0.6 is 11.3 Å². The summed E-state index contributed by atoms with van der Waals surface area (Å²) in [6, 6.07) is 2.15. The van der Waals surface area contributed by atoms with Crippen molar-refractivity contribution in [2.75, 3.05) is 33.2 Å². The highest BCUT2D eigenvalue weighted by Crippen LogP contribution is 2.47. The van der Waals surface area contributed by atoms with Crippen LogP contribution in [0.3, 0.4) is 0 Å². The highest BCUT2D eigenvalue weighted by molar-refractivity contribution is 7.10. The van der Waals surface area contributed by atoms with Gasteiger partial charge in [0.1, 0.15) is 0 Å². The molecule has 0 bridgehead atoms. The van der Waals surface area contributed by atoms with Gasteiger partial charge in [-0.05, 0) is 48.1 Å². The summed E-state index contributed by atoms with van der Waals surface area (Å²) in [5.74, 6) is 1.06. The summed E-state index contributed by atoms with van der Waals surface area (Å²) in [4.78, 5) is 22.7. The van der Waals surface area contributed by atoms with Crippen LogP contribution in [0.25, 0.3) is 0 Å². The lowest BCUT2D eigenvalue weighted by Crippen LogP contribution is -2.47. The summed E-state index contributed by atoms with van der Waals surface area (Å²) >= 11 is 1.81. The summed E-state index contributed by atoms with van der Waals surface area (Å²) in [6.07, 6.45) is 6.35. The van der Waals surface area contributed by atoms with Crippen molar-refractivity contribution >= 4 is 23.2 Å². The van der Waals surface area contributed by atoms with Crippen LogP contribution in [0.15, 0.2) is 16.4 Å². The van der Waals surface area contributed by atoms with E-state index in [2.05, 4.69) is 26.7 Å². The molecule has 0 aromatic carbocycles. The van der Waals surface area contributed by atoms with Gasteiger partial charge in [-0.3, -0.25) is 9.79 Å². The Labute approximate surface area is 147 Å². The van der Waals surface area contributed by atoms with Gasteiger partial charge in [0.15, 0.2) is 5.96 Å². The molecule has 0 radical (unpaired) electrons. The largest absolute Gasteiger partial charge is 0.347 e. The van der Waals surface area contributed by atoms with Crippen LogP contribution < -0.4 is 5.32 Å². The number of rotatable bonds is 2. The second kappa shape index (κ2) is 6.39. The minimum absolute atomic E-state index is 0.172. The van der Waals surface area contributed by atoms with E-state index in [4.69, 9.17) is 0 Å². The number of likely N-dealkylation sites (tertiary alicyclic amines) is 1. The Morgan fingerprint density at radius 3 is 2.92 bits per heavy atom. The molecule has 1 amide bonds. The van der Waals surface area contributed by atoms with Crippen molar-refractivity contribution in [1.82, 2.24) is 15.1 Å². The van der Waals surface area contributed by atoms with Crippen LogP contribution in [0.1, 0.15) is 36.1 Å². The number of nitrogens with one attached hydrogen (secondary N) is 1. The highest BCUT2D eigenvalue weighted by atomic mass is 32.1. The molecule has 5 nitrogen and oxygen atoms in total. The maximum Gasteiger partial charge on any atom is 0.242 e. The summed E-state index contributed by atoms with van der Waals surface area (Å²) in [7, 11) is 1.82. The molecular formula is C18H26N4OS. The van der Waals surface area contributed by atoms with Crippen molar-refractivity contribution in [2.45, 2.75) is 38.6 Å². The molecule has 1 aromatic heterocycles. The van der Waals surface area contributed by atoms with E-state index >= 15 is 0 Å². The molecule has 130 valence electrons. The molecule has 1 aliphatic carbocycles. The SMILES string of the molecule is CN=C(NCC(=O)N1CCc2sccc2C1)N1CCC2(CCC2)C1. The molecule has 0 unspecified atom stereocenters. The molecule has 4 rings (SSSR count). The molecule has 3 aliphatic rings. The number of aliphatic imine (C=N–C) groups is 1. The van der Waals surface area contributed by atoms with E-state index in [1.807, 2.05) is 11.9 Å². The van der Waals surface area contributed by atoms with E-state index < -0.39 is 0 Å². The summed E-state index contributed by atoms with van der Waals surface area (Å²) in [6.45, 7) is 4.10. The topological polar surface area (TPSA) is 47.9 Å². The van der Waals surface area contributed by atoms with Crippen LogP contribution in [0, 0.1) is 5.41 Å². The summed E-state index contributed by atoms with van der Waals surface area (Å²) in [5, 5.41) is 5.43. The molecule has 1 aromatic rings. The number of carbonyl (C=O) groups is 1. The van der Waals surface area contributed by atoms with Crippen molar-refractivity contribution in [1.29, 1.82) is 0 Å². The smallest absolute Gasteiger partial charge is 0.242 e. The van der Waals surface area contributed by atoms with Gasteiger partial charge < -0.3 is 15.1 Å². The Kier molecular flexibility index (Phi) is 4.24. The monoisotopic (exact) mass is 346 g/mol. The third-order valence-corrected chi connectivity index (χ3v) is 6.94. The molecular weight excluding hydrogens is 320 g/mol. The maximum atomic E-state index is 12.6. The standard InChI is InChI=1S/C18H26N4OS/c1-19-17(22-9-7-18(13-22)5-2-6-18)20-11-16(23)21-8-3-15-14(12-21)4-10-24-15/h4,10H,2-3,5-9,11-13H2,1H3,(H,19,20). The maximum absolute atomic E-state index is 12.6. The number of hydrogen-bond donors (Lipinski definition) is 1. The molecule has 1 N–H and O–H groups in total. The predicted octanol–water partition coefficient (Wildman–Crippen LogP) is 2.08. The molecule has 1 saturated heterocycles. The second-order valence-corrected chi connectivity index (χ2v) is 8.36. The van der Waals surface area contributed by atoms with Crippen molar-refractivity contribution in [2.24, 2.45) is 10.4 Å². The lowest BCUT2D eigenvalue weighted by Gasteiger charge is -2.38. The lowest BCUT2D eigenvalue weighted by atomic mass is 9.68. The molecule has 3 heterocycles. The molecule has 2 aliphatic heterocycles. The Balaban J connectivity index is 1.30. The van der Waals surface area contributed by atoms with Gasteiger partial charge >= 0.3 is 0 Å². The van der Waals surface area contributed by atoms with E-state index in [0.717, 1.165) is 38.6 Å². The van der Waals surface area contributed by atoms with Crippen molar-refractivity contribution in [3.8, 4) is 0 Å². The van der Waals surface area contributed by atoms with E-state index in [9.17, 15) is 4.79 Å². The Morgan fingerprint density at radius 1 is 1.33 bits per heavy atom. The zero-order valence-corrected chi connectivity index (χ0v) is 15.2. The van der Waals surface area contributed by atoms with E-state index in [1.54, 1.807) is 11.3 Å². The minimum Gasteiger partial charge on any atom is -0.347 e. The third-order valence-electron chi connectivity index (χ3n) is 5.92. The highest BCUT2D eigenvalue weighted by Gasteiger charge is 2.43. The first-order valence-electron chi connectivity index (χ1n) is 8.98. The van der Waals surface area contributed by atoms with Crippen molar-refractivity contribution in [3.05, 3.63) is 21.9 Å². The van der Waals surface area contributed by atoms with Crippen molar-refractivity contribution < 1.29 is 4.79 Å². The first-order valence-corrected chi connectivity index (χ1v) is 9.86. The quantitative estimate of drug-likeness (QED) is 0.659. The first kappa shape index (κ1) is 15.9. The number of guanidine groups is 1. The van der Waals surface area contributed by atoms with Crippen LogP contribution in [0.5, 0.6) is 0 Å².